The Bertz CT molecular complexity index is 4630. The molecule has 4 spiro atoms. The highest BCUT2D eigenvalue weighted by Gasteiger charge is 2.61. The first-order chi connectivity index (χ1) is 57.8. The Balaban J connectivity index is 0.000000255. The van der Waals surface area contributed by atoms with Crippen molar-refractivity contribution in [3.8, 4) is 116 Å². The Morgan fingerprint density at radius 1 is 0.256 bits per heavy atom. The van der Waals surface area contributed by atoms with Gasteiger partial charge in [-0.1, -0.05) is 0 Å². The second kappa shape index (κ2) is 36.7. The van der Waals surface area contributed by atoms with Gasteiger partial charge in [0, 0.05) is 0 Å². The molecule has 8 aliphatic carbocycles. The molecule has 0 N–H and O–H groups in total. The van der Waals surface area contributed by atoms with Crippen LogP contribution in [0, 0.1) is 162 Å². The summed E-state index contributed by atoms with van der Waals surface area (Å²) in [5.74, 6) is 33.1. The first kappa shape index (κ1) is 86.8. The van der Waals surface area contributed by atoms with Gasteiger partial charge >= 0.3 is 0 Å². The van der Waals surface area contributed by atoms with Crippen molar-refractivity contribution in [1.82, 2.24) is 0 Å². The summed E-state index contributed by atoms with van der Waals surface area (Å²) in [4.78, 5) is 84.4. The molecule has 0 saturated heterocycles. The van der Waals surface area contributed by atoms with Crippen LogP contribution < -0.4 is 56.8 Å². The Morgan fingerprint density at radius 3 is 0.521 bits per heavy atom. The van der Waals surface area contributed by atoms with Crippen molar-refractivity contribution in [3.05, 3.63) is 216 Å². The van der Waals surface area contributed by atoms with Crippen LogP contribution in [-0.4, -0.2) is 128 Å². The highest BCUT2D eigenvalue weighted by atomic mass is 16.7. The van der Waals surface area contributed by atoms with E-state index in [1.807, 2.05) is 0 Å². The molecule has 121 heavy (non-hydrogen) atoms. The molecular formula is C82H77N9O30. The van der Waals surface area contributed by atoms with Crippen LogP contribution in [0.4, 0.5) is 51.2 Å². The maximum absolute atomic E-state index is 10.3. The lowest BCUT2D eigenvalue weighted by atomic mass is 9.41. The van der Waals surface area contributed by atoms with Gasteiger partial charge in [0.05, 0.1) is 156 Å². The van der Waals surface area contributed by atoms with E-state index in [0.29, 0.717) is 147 Å². The van der Waals surface area contributed by atoms with Crippen molar-refractivity contribution < 1.29 is 101 Å². The van der Waals surface area contributed by atoms with E-state index >= 15 is 0 Å². The quantitative estimate of drug-likeness (QED) is 0.0464. The van der Waals surface area contributed by atoms with E-state index in [1.165, 1.54) is 35.1 Å². The second-order valence-electron chi connectivity index (χ2n) is 29.7. The monoisotopic (exact) mass is 1670 g/mol. The fourth-order valence-corrected chi connectivity index (χ4v) is 18.6. The third-order valence-corrected chi connectivity index (χ3v) is 22.6. The summed E-state index contributed by atoms with van der Waals surface area (Å²) in [5, 5.41) is 92.8. The molecule has 18 aliphatic rings. The minimum Gasteiger partial charge on any atom is -0.493 e. The van der Waals surface area contributed by atoms with E-state index in [-0.39, 0.29) is 48.1 Å². The molecule has 25 rings (SSSR count). The van der Waals surface area contributed by atoms with E-state index in [0.717, 1.165) is 64.2 Å². The number of nitrogens with zero attached hydrogens (tertiary/aromatic N) is 9. The number of ether oxygens (including phenoxy) is 12. The molecule has 0 atom stereocenters. The minimum atomic E-state index is -0.931. The number of nitro benzene ring substituents is 9. The summed E-state index contributed by atoms with van der Waals surface area (Å²) < 4.78 is 73.5. The third kappa shape index (κ3) is 18.9. The minimum absolute atomic E-state index is 0.0821. The summed E-state index contributed by atoms with van der Waals surface area (Å²) in [5.41, 5.74) is -1.73. The molecule has 0 amide bonds. The van der Waals surface area contributed by atoms with Gasteiger partial charge in [-0.15, -0.1) is 0 Å². The lowest BCUT2D eigenvalue weighted by Gasteiger charge is -2.63. The van der Waals surface area contributed by atoms with Crippen molar-refractivity contribution >= 4 is 51.2 Å². The fraction of sp³-hybridized carbons (Fsp3) is 0.390. The van der Waals surface area contributed by atoms with Crippen LogP contribution in [0.1, 0.15) is 99.3 Å². The predicted octanol–water partition coefficient (Wildman–Crippen LogP) is 14.8. The number of non-ortho nitro benzene ring substituents is 9. The van der Waals surface area contributed by atoms with Gasteiger partial charge in [-0.3, -0.25) is 91.0 Å². The number of rotatable bonds is 17. The van der Waals surface area contributed by atoms with Gasteiger partial charge in [-0.25, -0.2) is 0 Å². The predicted molar refractivity (Wildman–Crippen MR) is 427 cm³/mol. The number of hydrogen-bond acceptors (Lipinski definition) is 30. The zero-order valence-corrected chi connectivity index (χ0v) is 66.2. The smallest absolute Gasteiger partial charge is 0.283 e. The highest BCUT2D eigenvalue weighted by molar-refractivity contribution is 5.62. The molecule has 39 nitrogen and oxygen atoms in total. The number of methoxy groups -OCH3 is 8. The van der Waals surface area contributed by atoms with E-state index < -0.39 is 95.5 Å². The van der Waals surface area contributed by atoms with E-state index in [9.17, 15) is 91.0 Å². The molecular weight excluding hydrogens is 1590 g/mol. The molecule has 7 aromatic carbocycles. The molecule has 39 heteroatoms. The van der Waals surface area contributed by atoms with Crippen molar-refractivity contribution in [2.45, 2.75) is 98.7 Å². The highest BCUT2D eigenvalue weighted by Crippen LogP contribution is 2.70. The summed E-state index contributed by atoms with van der Waals surface area (Å²) in [6.07, 6.45) is 13.1. The van der Waals surface area contributed by atoms with Crippen LogP contribution in [0.15, 0.2) is 103 Å². The Hall–Kier alpha value is -15.0. The van der Waals surface area contributed by atoms with Crippen LogP contribution in [0.2, 0.25) is 0 Å². The normalized spacial score (nSPS) is 21.4. The molecule has 8 saturated carbocycles. The van der Waals surface area contributed by atoms with E-state index in [2.05, 4.69) is 95.9 Å². The standard InChI is InChI=1S/C64H68O12.3C6H3N3O6/c1-65-49-23-45-24-50(66-2)57(49)73-17-13-9-10-14-18-74-59-53(69-5)27-47(28-54(59)70-6)63-35-43-22-44(36-63)38-64(37-43,40-63)48-29-55(71-7)60(56(30-48)72-8)76-20-16-12-11-15-19-75-58-51(67-3)25-46(26-52(58)68-4)62-33-41-21-42(34-62)32-61(45,31-41)39-62;3*10-7(11)4-1-5(8(12)13)3-6(2-4)9(14)15/h23-30,41-44H,17-22,31-40H2,1-8H3;3*1-3H. The van der Waals surface area contributed by atoms with Gasteiger partial charge in [0.2, 0.25) is 23.0 Å². The van der Waals surface area contributed by atoms with Gasteiger partial charge in [0.25, 0.3) is 51.2 Å². The Labute approximate surface area is 688 Å². The average molecular weight is 1670 g/mol. The Kier molecular flexibility index (Phi) is 26.3. The van der Waals surface area contributed by atoms with Crippen LogP contribution in [-0.2, 0) is 21.7 Å². The van der Waals surface area contributed by atoms with Crippen molar-refractivity contribution in [2.24, 2.45) is 23.7 Å². The number of hydrogen-bond donors (Lipinski definition) is 0. The van der Waals surface area contributed by atoms with Gasteiger partial charge in [0.15, 0.2) is 46.0 Å². The summed E-state index contributed by atoms with van der Waals surface area (Å²) in [6.45, 7) is 0.328. The lowest BCUT2D eigenvalue weighted by Crippen LogP contribution is -2.56. The van der Waals surface area contributed by atoms with Crippen LogP contribution in [0.25, 0.3) is 0 Å². The first-order valence-corrected chi connectivity index (χ1v) is 37.0. The molecule has 10 heterocycles. The van der Waals surface area contributed by atoms with Crippen molar-refractivity contribution in [1.29, 1.82) is 0 Å². The SMILES string of the molecule is COc1cc2cc(OC)c1OCC#CC#CCOc1c(OC)cc(cc1OC)C13CC4CC(C1)CC(C4)(C3)c1cc(OC)c(c(OC)c1)OCC#CC#CCOc1c(OC)cc(cc1OC)C13CC4CC(CC2(C4)C1)C3.O=[N+]([O-])c1cc([N+](=O)[O-])cc([N+](=O)[O-])c1.O=[N+]([O-])c1cc([N+](=O)[O-])cc([N+](=O)[O-])c1.O=[N+]([O-])c1cc([N+](=O)[O-])cc([N+](=O)[O-])c1. The van der Waals surface area contributed by atoms with Gasteiger partial charge in [-0.05, 0) is 241 Å². The summed E-state index contributed by atoms with van der Waals surface area (Å²) in [7, 11) is 13.4. The molecule has 16 bridgehead atoms. The zero-order valence-electron chi connectivity index (χ0n) is 66.2. The average Bonchev–Trinajstić information content (AvgIpc) is 0.705. The third-order valence-electron chi connectivity index (χ3n) is 22.6. The molecule has 0 unspecified atom stereocenters. The largest absolute Gasteiger partial charge is 0.493 e. The van der Waals surface area contributed by atoms with Crippen LogP contribution in [0.3, 0.4) is 0 Å². The summed E-state index contributed by atoms with van der Waals surface area (Å²) >= 11 is 0. The van der Waals surface area contributed by atoms with Crippen molar-refractivity contribution in [2.75, 3.05) is 83.3 Å². The number of nitro groups is 9. The second-order valence-corrected chi connectivity index (χ2v) is 29.7. The fourth-order valence-electron chi connectivity index (χ4n) is 18.6. The molecule has 0 aromatic heterocycles. The topological polar surface area (TPSA) is 499 Å². The van der Waals surface area contributed by atoms with Crippen LogP contribution in [0.5, 0.6) is 69.0 Å². The molecule has 0 radical (unpaired) electrons. The lowest BCUT2D eigenvalue weighted by molar-refractivity contribution is -0.403. The number of benzene rings is 7. The first-order valence-electron chi connectivity index (χ1n) is 37.0. The zero-order chi connectivity index (χ0) is 87.4. The van der Waals surface area contributed by atoms with E-state index in [4.69, 9.17) is 56.8 Å². The van der Waals surface area contributed by atoms with Gasteiger partial charge < -0.3 is 56.8 Å². The molecule has 630 valence electrons. The van der Waals surface area contributed by atoms with Gasteiger partial charge in [-0.2, -0.15) is 0 Å². The Morgan fingerprint density at radius 2 is 0.397 bits per heavy atom. The maximum atomic E-state index is 10.3. The van der Waals surface area contributed by atoms with Crippen molar-refractivity contribution in [3.63, 3.8) is 0 Å². The molecule has 10 aliphatic heterocycles. The van der Waals surface area contributed by atoms with Gasteiger partial charge in [0.1, 0.15) is 26.4 Å². The maximum Gasteiger partial charge on any atom is 0.283 e. The van der Waals surface area contributed by atoms with E-state index in [1.54, 1.807) is 56.9 Å². The molecule has 7 aromatic rings. The van der Waals surface area contributed by atoms with Crippen LogP contribution >= 0.6 is 0 Å². The summed E-state index contributed by atoms with van der Waals surface area (Å²) in [6, 6.07) is 23.1. The molecule has 8 fully saturated rings.